The van der Waals surface area contributed by atoms with E-state index in [4.69, 9.17) is 0 Å². The van der Waals surface area contributed by atoms with Gasteiger partial charge in [-0.15, -0.1) is 0 Å². The molecule has 4 heteroatoms. The van der Waals surface area contributed by atoms with Gasteiger partial charge >= 0.3 is 112 Å². The third-order valence-electron chi connectivity index (χ3n) is 3.14. The number of pyridine rings is 1. The number of benzene rings is 1. The molecule has 0 aliphatic rings. The Morgan fingerprint density at radius 2 is 1.89 bits per heavy atom. The third kappa shape index (κ3) is 1.94. The molecule has 2 aromatic heterocycles. The fraction of sp³-hybridized carbons (Fsp3) is 0.214. The van der Waals surface area contributed by atoms with Gasteiger partial charge in [-0.2, -0.15) is 0 Å². The van der Waals surface area contributed by atoms with E-state index in [1.807, 2.05) is 12.3 Å². The van der Waals surface area contributed by atoms with Gasteiger partial charge in [0.15, 0.2) is 0 Å². The minimum atomic E-state index is -1.32. The van der Waals surface area contributed by atoms with E-state index in [0.717, 1.165) is 15.2 Å². The Kier molecular flexibility index (Phi) is 2.70. The quantitative estimate of drug-likeness (QED) is 0.627. The zero-order valence-electron chi connectivity index (χ0n) is 10.6. The van der Waals surface area contributed by atoms with Crippen LogP contribution < -0.4 is 5.19 Å². The summed E-state index contributed by atoms with van der Waals surface area (Å²) in [4.78, 5) is 4.62. The van der Waals surface area contributed by atoms with Crippen molar-refractivity contribution in [2.45, 2.75) is 19.6 Å². The van der Waals surface area contributed by atoms with Gasteiger partial charge in [-0.1, -0.05) is 0 Å². The summed E-state index contributed by atoms with van der Waals surface area (Å²) in [6.45, 7) is 6.97. The predicted molar refractivity (Wildman–Crippen MR) is 79.1 cm³/mol. The van der Waals surface area contributed by atoms with Crippen LogP contribution in [0.4, 0.5) is 4.39 Å². The first-order chi connectivity index (χ1) is 8.45. The number of hydrogen-bond acceptors (Lipinski definition) is 1. The molecule has 0 bridgehead atoms. The normalized spacial score (nSPS) is 12.4. The van der Waals surface area contributed by atoms with Crippen LogP contribution in [0, 0.1) is 5.82 Å². The van der Waals surface area contributed by atoms with Gasteiger partial charge in [0.25, 0.3) is 0 Å². The summed E-state index contributed by atoms with van der Waals surface area (Å²) in [6, 6.07) is 7.34. The van der Waals surface area contributed by atoms with Crippen molar-refractivity contribution < 1.29 is 4.39 Å². The Morgan fingerprint density at radius 3 is 2.61 bits per heavy atom. The number of nitrogens with zero attached hydrogens (tertiary/aromatic N) is 1. The second-order valence-electron chi connectivity index (χ2n) is 5.56. The van der Waals surface area contributed by atoms with E-state index in [9.17, 15) is 4.39 Å². The molecular weight excluding hydrogens is 308 g/mol. The first-order valence-electron chi connectivity index (χ1n) is 5.93. The van der Waals surface area contributed by atoms with E-state index in [1.165, 1.54) is 15.5 Å². The monoisotopic (exact) mass is 323 g/mol. The second-order valence-corrected chi connectivity index (χ2v) is 12.9. The Labute approximate surface area is 112 Å². The number of rotatable bonds is 1. The number of aromatic nitrogens is 1. The van der Waals surface area contributed by atoms with Crippen LogP contribution in [0.15, 0.2) is 30.5 Å². The van der Waals surface area contributed by atoms with Crippen molar-refractivity contribution in [3.8, 4) is 0 Å². The van der Waals surface area contributed by atoms with Crippen LogP contribution in [-0.2, 0) is 0 Å². The van der Waals surface area contributed by atoms with Gasteiger partial charge in [-0.25, -0.2) is 0 Å². The molecule has 0 N–H and O–H groups in total. The van der Waals surface area contributed by atoms with E-state index in [0.29, 0.717) is 0 Å². The molecule has 0 saturated carbocycles. The zero-order valence-corrected chi connectivity index (χ0v) is 13.3. The van der Waals surface area contributed by atoms with E-state index in [2.05, 4.69) is 30.7 Å². The average molecular weight is 322 g/mol. The van der Waals surface area contributed by atoms with E-state index in [-0.39, 0.29) is 20.3 Å². The Hall–Kier alpha value is -0.964. The third-order valence-corrected chi connectivity index (χ3v) is 7.43. The van der Waals surface area contributed by atoms with Gasteiger partial charge in [0, 0.05) is 0 Å². The maximum absolute atomic E-state index is 13.3. The number of hydrogen-bond donors (Lipinski definition) is 0. The van der Waals surface area contributed by atoms with Crippen molar-refractivity contribution in [2.75, 3.05) is 0 Å². The first kappa shape index (κ1) is 12.1. The molecule has 1 nitrogen and oxygen atoms in total. The Morgan fingerprint density at radius 1 is 1.11 bits per heavy atom. The van der Waals surface area contributed by atoms with Gasteiger partial charge in [-0.3, -0.25) is 0 Å². The van der Waals surface area contributed by atoms with E-state index < -0.39 is 8.07 Å². The van der Waals surface area contributed by atoms with Crippen molar-refractivity contribution in [1.29, 1.82) is 0 Å². The molecule has 3 rings (SSSR count). The zero-order chi connectivity index (χ0) is 12.9. The van der Waals surface area contributed by atoms with Gasteiger partial charge in [0.05, 0.1) is 0 Å². The van der Waals surface area contributed by atoms with Gasteiger partial charge < -0.3 is 0 Å². The van der Waals surface area contributed by atoms with Crippen LogP contribution in [0.3, 0.4) is 0 Å². The molecule has 0 unspecified atom stereocenters. The summed E-state index contributed by atoms with van der Waals surface area (Å²) in [7, 11) is -1.32. The number of halogens is 1. The molecule has 1 aromatic carbocycles. The van der Waals surface area contributed by atoms with Crippen molar-refractivity contribution >= 4 is 47.2 Å². The summed E-state index contributed by atoms with van der Waals surface area (Å²) in [6.07, 6.45) is 2.01. The molecule has 0 fully saturated rings. The summed E-state index contributed by atoms with van der Waals surface area (Å²) < 4.78 is 15.7. The summed E-state index contributed by atoms with van der Waals surface area (Å²) in [5, 5.41) is 2.50. The van der Waals surface area contributed by atoms with Crippen LogP contribution in [0.5, 0.6) is 0 Å². The molecule has 3 aromatic rings. The van der Waals surface area contributed by atoms with Gasteiger partial charge in [0.2, 0.25) is 0 Å². The summed E-state index contributed by atoms with van der Waals surface area (Å²) in [5.41, 5.74) is 1.06. The molecule has 0 amide bonds. The first-order valence-corrected chi connectivity index (χ1v) is 11.1. The second kappa shape index (κ2) is 4.02. The summed E-state index contributed by atoms with van der Waals surface area (Å²) in [5.74, 6) is -0.145. The van der Waals surface area contributed by atoms with Gasteiger partial charge in [-0.05, 0) is 0 Å². The van der Waals surface area contributed by atoms with Crippen molar-refractivity contribution in [3.63, 3.8) is 0 Å². The molecule has 0 saturated heterocycles. The predicted octanol–water partition coefficient (Wildman–Crippen LogP) is 3.13. The van der Waals surface area contributed by atoms with Crippen molar-refractivity contribution in [2.24, 2.45) is 0 Å². The minimum absolute atomic E-state index is 0.145. The summed E-state index contributed by atoms with van der Waals surface area (Å²) >= 11 is 0.204. The molecule has 0 spiro atoms. The molecule has 0 aliphatic heterocycles. The van der Waals surface area contributed by atoms with Crippen LogP contribution in [0.1, 0.15) is 0 Å². The molecule has 2 heterocycles. The van der Waals surface area contributed by atoms with Crippen LogP contribution in [0.2, 0.25) is 19.6 Å². The van der Waals surface area contributed by atoms with Crippen LogP contribution in [0.25, 0.3) is 19.4 Å². The fourth-order valence-electron chi connectivity index (χ4n) is 2.03. The number of fused-ring (bicyclic) bond motifs is 3. The fourth-order valence-corrected chi connectivity index (χ4v) is 5.66. The maximum atomic E-state index is 13.3. The van der Waals surface area contributed by atoms with E-state index >= 15 is 0 Å². The average Bonchev–Trinajstić information content (AvgIpc) is 2.63. The van der Waals surface area contributed by atoms with Gasteiger partial charge in [0.1, 0.15) is 0 Å². The topological polar surface area (TPSA) is 12.9 Å². The molecule has 0 radical (unpaired) electrons. The van der Waals surface area contributed by atoms with Crippen LogP contribution >= 0.6 is 0 Å². The molecule has 92 valence electrons. The SMILES string of the molecule is C[Si](C)(C)c1cnc2c(c1)[se]c1cc(F)ccc12. The standard InChI is InChI=1S/C14H14FNSeSi/c1-18(2,3)10-7-13-14(16-8-10)11-5-4-9(15)6-12(11)17-13/h4-8H,1-3H3. The molecule has 0 atom stereocenters. The van der Waals surface area contributed by atoms with Crippen molar-refractivity contribution in [3.05, 3.63) is 36.3 Å². The molecular formula is C14H14FNSeSi. The molecule has 18 heavy (non-hydrogen) atoms. The van der Waals surface area contributed by atoms with E-state index in [1.54, 1.807) is 6.07 Å². The van der Waals surface area contributed by atoms with Crippen molar-refractivity contribution in [1.82, 2.24) is 4.98 Å². The Bertz CT molecular complexity index is 742. The van der Waals surface area contributed by atoms with Crippen LogP contribution in [-0.4, -0.2) is 27.6 Å². The molecule has 0 aliphatic carbocycles. The Balaban J connectivity index is 2.33.